The van der Waals surface area contributed by atoms with Gasteiger partial charge in [-0.2, -0.15) is 0 Å². The molecular formula is C24H34N6O5Pd. The summed E-state index contributed by atoms with van der Waals surface area (Å²) in [5.74, 6) is 1.67. The van der Waals surface area contributed by atoms with Gasteiger partial charge in [-0.3, -0.25) is 25.1 Å². The molecule has 0 amide bonds. The predicted octanol–water partition coefficient (Wildman–Crippen LogP) is 4.68. The summed E-state index contributed by atoms with van der Waals surface area (Å²) in [7, 11) is 0. The minimum Gasteiger partial charge on any atom is -0.489 e. The van der Waals surface area contributed by atoms with E-state index in [0.29, 0.717) is 22.9 Å². The second-order valence-corrected chi connectivity index (χ2v) is 7.93. The Morgan fingerprint density at radius 3 is 1.36 bits per heavy atom. The molecule has 0 aliphatic carbocycles. The van der Waals surface area contributed by atoms with Gasteiger partial charge in [0.1, 0.15) is 17.7 Å². The third kappa shape index (κ3) is 12.8. The maximum absolute atomic E-state index is 10.5. The van der Waals surface area contributed by atoms with E-state index in [1.54, 1.807) is 36.9 Å². The van der Waals surface area contributed by atoms with Crippen LogP contribution in [-0.2, 0) is 20.4 Å². The predicted molar refractivity (Wildman–Crippen MR) is 135 cm³/mol. The van der Waals surface area contributed by atoms with Gasteiger partial charge in [0, 0.05) is 57.2 Å². The molecule has 3 aromatic rings. The number of aromatic nitrogens is 3. The largest absolute Gasteiger partial charge is 0.489 e. The molecule has 0 spiro atoms. The van der Waals surface area contributed by atoms with E-state index in [1.807, 2.05) is 41.5 Å². The SMILES string of the molecule is CC(C)Oc1ccncc1N.CC(C)Oc1ccncc1N.CC(C)Oc1ccncc1[N+](=O)[O-].[Pd]. The van der Waals surface area contributed by atoms with E-state index < -0.39 is 4.92 Å². The van der Waals surface area contributed by atoms with Crippen molar-refractivity contribution in [2.75, 3.05) is 11.5 Å². The van der Waals surface area contributed by atoms with Gasteiger partial charge in [-0.05, 0) is 41.5 Å². The summed E-state index contributed by atoms with van der Waals surface area (Å²) < 4.78 is 16.0. The number of nitrogen functional groups attached to an aromatic ring is 2. The molecule has 3 aromatic heterocycles. The van der Waals surface area contributed by atoms with Gasteiger partial charge in [-0.15, -0.1) is 0 Å². The molecule has 0 bridgehead atoms. The standard InChI is InChI=1S/C8H10N2O3.2C8H12N2O.Pd/c1-6(2)13-8-3-4-9-5-7(8)10(11)12;2*1-6(2)11-8-3-4-10-5-7(8)9;/h3-6H,1-2H3;2*3-6H,9H2,1-2H3;. The van der Waals surface area contributed by atoms with Crippen molar-refractivity contribution in [3.05, 3.63) is 65.5 Å². The fraction of sp³-hybridized carbons (Fsp3) is 0.375. The fourth-order valence-electron chi connectivity index (χ4n) is 2.37. The van der Waals surface area contributed by atoms with Crippen molar-refractivity contribution in [1.29, 1.82) is 0 Å². The summed E-state index contributed by atoms with van der Waals surface area (Å²) in [6.07, 6.45) is 9.35. The molecule has 36 heavy (non-hydrogen) atoms. The first-order valence-electron chi connectivity index (χ1n) is 11.0. The molecule has 0 radical (unpaired) electrons. The van der Waals surface area contributed by atoms with Crippen molar-refractivity contribution < 1.29 is 39.6 Å². The molecule has 0 fully saturated rings. The van der Waals surface area contributed by atoms with Gasteiger partial charge >= 0.3 is 5.69 Å². The Morgan fingerprint density at radius 2 is 1.03 bits per heavy atom. The van der Waals surface area contributed by atoms with Gasteiger partial charge in [0.25, 0.3) is 0 Å². The molecule has 0 saturated heterocycles. The summed E-state index contributed by atoms with van der Waals surface area (Å²) in [5, 5.41) is 10.5. The van der Waals surface area contributed by atoms with E-state index in [-0.39, 0.29) is 50.2 Å². The summed E-state index contributed by atoms with van der Waals surface area (Å²) in [6, 6.07) is 5.00. The van der Waals surface area contributed by atoms with Gasteiger partial charge < -0.3 is 25.7 Å². The van der Waals surface area contributed by atoms with Crippen LogP contribution in [0.2, 0.25) is 0 Å². The molecule has 200 valence electrons. The van der Waals surface area contributed by atoms with Crippen molar-refractivity contribution >= 4 is 17.1 Å². The number of nitrogens with two attached hydrogens (primary N) is 2. The number of nitrogens with zero attached hydrogens (tertiary/aromatic N) is 4. The monoisotopic (exact) mass is 592 g/mol. The maximum atomic E-state index is 10.5. The second-order valence-electron chi connectivity index (χ2n) is 7.93. The summed E-state index contributed by atoms with van der Waals surface area (Å²) in [6.45, 7) is 11.5. The number of anilines is 2. The van der Waals surface area contributed by atoms with Crippen LogP contribution in [0.5, 0.6) is 17.2 Å². The molecule has 0 unspecified atom stereocenters. The van der Waals surface area contributed by atoms with Crippen LogP contribution in [0.25, 0.3) is 0 Å². The second kappa shape index (κ2) is 17.0. The minimum absolute atomic E-state index is 0. The molecular weight excluding hydrogens is 559 g/mol. The minimum atomic E-state index is -0.509. The third-order valence-electron chi connectivity index (χ3n) is 3.67. The van der Waals surface area contributed by atoms with Crippen molar-refractivity contribution in [3.63, 3.8) is 0 Å². The fourth-order valence-corrected chi connectivity index (χ4v) is 2.37. The first kappa shape index (κ1) is 32.5. The van der Waals surface area contributed by atoms with Gasteiger partial charge in [-0.25, -0.2) is 0 Å². The van der Waals surface area contributed by atoms with E-state index >= 15 is 0 Å². The van der Waals surface area contributed by atoms with Crippen LogP contribution in [0.1, 0.15) is 41.5 Å². The normalized spacial score (nSPS) is 9.81. The van der Waals surface area contributed by atoms with E-state index in [9.17, 15) is 10.1 Å². The zero-order chi connectivity index (χ0) is 26.4. The number of ether oxygens (including phenoxy) is 3. The number of hydrogen-bond donors (Lipinski definition) is 2. The van der Waals surface area contributed by atoms with Crippen molar-refractivity contribution in [3.8, 4) is 17.2 Å². The number of pyridine rings is 3. The van der Waals surface area contributed by atoms with Crippen LogP contribution < -0.4 is 25.7 Å². The van der Waals surface area contributed by atoms with E-state index in [4.69, 9.17) is 25.7 Å². The molecule has 0 aliphatic rings. The molecule has 0 atom stereocenters. The van der Waals surface area contributed by atoms with E-state index in [0.717, 1.165) is 0 Å². The summed E-state index contributed by atoms with van der Waals surface area (Å²) in [4.78, 5) is 21.3. The van der Waals surface area contributed by atoms with E-state index in [1.165, 1.54) is 18.5 Å². The van der Waals surface area contributed by atoms with Gasteiger partial charge in [0.15, 0.2) is 0 Å². The molecule has 0 aromatic carbocycles. The van der Waals surface area contributed by atoms with Crippen molar-refractivity contribution in [2.45, 2.75) is 59.9 Å². The number of nitro groups is 1. The van der Waals surface area contributed by atoms with Gasteiger partial charge in [0.2, 0.25) is 5.75 Å². The van der Waals surface area contributed by atoms with Gasteiger partial charge in [-0.1, -0.05) is 0 Å². The first-order chi connectivity index (χ1) is 16.5. The first-order valence-corrected chi connectivity index (χ1v) is 11.0. The Labute approximate surface area is 225 Å². The zero-order valence-corrected chi connectivity index (χ0v) is 22.8. The molecule has 4 N–H and O–H groups in total. The molecule has 0 saturated carbocycles. The average molecular weight is 593 g/mol. The molecule has 3 heterocycles. The Kier molecular flexibility index (Phi) is 15.4. The quantitative estimate of drug-likeness (QED) is 0.224. The summed E-state index contributed by atoms with van der Waals surface area (Å²) >= 11 is 0. The van der Waals surface area contributed by atoms with Crippen molar-refractivity contribution in [1.82, 2.24) is 15.0 Å². The zero-order valence-electron chi connectivity index (χ0n) is 21.2. The topological polar surface area (TPSA) is 162 Å². The maximum Gasteiger partial charge on any atom is 0.329 e. The molecule has 3 rings (SSSR count). The van der Waals surface area contributed by atoms with Crippen LogP contribution in [-0.4, -0.2) is 38.2 Å². The Hall–Kier alpha value is -3.49. The third-order valence-corrected chi connectivity index (χ3v) is 3.67. The molecule has 12 heteroatoms. The Morgan fingerprint density at radius 1 is 0.694 bits per heavy atom. The van der Waals surface area contributed by atoms with Crippen molar-refractivity contribution in [2.24, 2.45) is 0 Å². The Balaban J connectivity index is 0.000000506. The molecule has 0 aliphatic heterocycles. The number of hydrogen-bond acceptors (Lipinski definition) is 10. The van der Waals surface area contributed by atoms with Crippen LogP contribution in [0.15, 0.2) is 55.4 Å². The average Bonchev–Trinajstić information content (AvgIpc) is 2.77. The van der Waals surface area contributed by atoms with Gasteiger partial charge in [0.05, 0.1) is 47.0 Å². The summed E-state index contributed by atoms with van der Waals surface area (Å²) in [5.41, 5.74) is 12.2. The smallest absolute Gasteiger partial charge is 0.329 e. The van der Waals surface area contributed by atoms with Crippen LogP contribution in [0, 0.1) is 10.1 Å². The van der Waals surface area contributed by atoms with Crippen LogP contribution in [0.3, 0.4) is 0 Å². The molecule has 11 nitrogen and oxygen atoms in total. The van der Waals surface area contributed by atoms with Crippen LogP contribution in [0.4, 0.5) is 17.1 Å². The Bertz CT molecular complexity index is 1000. The van der Waals surface area contributed by atoms with Crippen LogP contribution >= 0.6 is 0 Å². The number of rotatable bonds is 7. The van der Waals surface area contributed by atoms with E-state index in [2.05, 4.69) is 15.0 Å².